The van der Waals surface area contributed by atoms with E-state index in [9.17, 15) is 9.18 Å². The molecule has 1 N–H and O–H groups in total. The summed E-state index contributed by atoms with van der Waals surface area (Å²) < 4.78 is 20.5. The summed E-state index contributed by atoms with van der Waals surface area (Å²) in [5.41, 5.74) is 7.38. The largest absolute Gasteiger partial charge is 0.421 e. The Morgan fingerprint density at radius 2 is 1.92 bits per heavy atom. The van der Waals surface area contributed by atoms with Crippen LogP contribution in [-0.4, -0.2) is 49.5 Å². The summed E-state index contributed by atoms with van der Waals surface area (Å²) in [6.07, 6.45) is 12.0. The molecule has 1 aromatic carbocycles. The van der Waals surface area contributed by atoms with Crippen molar-refractivity contribution < 1.29 is 13.6 Å². The summed E-state index contributed by atoms with van der Waals surface area (Å²) in [4.78, 5) is 30.4. The monoisotopic (exact) mass is 693 g/mol. The van der Waals surface area contributed by atoms with Gasteiger partial charge in [0.05, 0.1) is 38.3 Å². The van der Waals surface area contributed by atoms with Crippen molar-refractivity contribution >= 4 is 44.7 Å². The predicted octanol–water partition coefficient (Wildman–Crippen LogP) is 8.20. The molecule has 1 amide bonds. The number of hydrogen-bond acceptors (Lipinski definition) is 9. The first-order chi connectivity index (χ1) is 23.9. The van der Waals surface area contributed by atoms with Crippen molar-refractivity contribution in [1.29, 1.82) is 0 Å². The lowest BCUT2D eigenvalue weighted by molar-refractivity contribution is 0.0776. The zero-order valence-electron chi connectivity index (χ0n) is 27.1. The fraction of sp³-hybridized carbons (Fsp3) is 0.297. The molecule has 5 aromatic heterocycles. The molecule has 248 valence electrons. The van der Waals surface area contributed by atoms with Gasteiger partial charge in [0, 0.05) is 49.5 Å². The lowest BCUT2D eigenvalue weighted by Gasteiger charge is -2.16. The van der Waals surface area contributed by atoms with E-state index in [0.717, 1.165) is 80.5 Å². The van der Waals surface area contributed by atoms with Crippen molar-refractivity contribution in [3.63, 3.8) is 0 Å². The van der Waals surface area contributed by atoms with E-state index >= 15 is 0 Å². The number of fused-ring (bicyclic) bond motifs is 5. The molecule has 0 radical (unpaired) electrons. The van der Waals surface area contributed by atoms with Gasteiger partial charge < -0.3 is 14.6 Å². The zero-order valence-corrected chi connectivity index (χ0v) is 28.7. The van der Waals surface area contributed by atoms with Crippen LogP contribution in [0.2, 0.25) is 5.02 Å². The second-order valence-electron chi connectivity index (χ2n) is 12.5. The SMILES string of the molecule is CNc1nccc2cc(-c3c4c(nc(CCc5ccc(F)cc5)c3-c3nnc(C)o3)C3CCCN3C4=O)sc12.Clc1cncc2c1CCC2. The van der Waals surface area contributed by atoms with Crippen LogP contribution in [0.1, 0.15) is 69.6 Å². The minimum Gasteiger partial charge on any atom is -0.421 e. The van der Waals surface area contributed by atoms with Crippen LogP contribution in [0, 0.1) is 12.7 Å². The molecule has 0 saturated carbocycles. The molecule has 1 atom stereocenters. The Hall–Kier alpha value is -4.74. The van der Waals surface area contributed by atoms with Crippen molar-refractivity contribution in [1.82, 2.24) is 30.0 Å². The highest BCUT2D eigenvalue weighted by molar-refractivity contribution is 7.23. The lowest BCUT2D eigenvalue weighted by atomic mass is 9.93. The molecule has 49 heavy (non-hydrogen) atoms. The van der Waals surface area contributed by atoms with Crippen LogP contribution in [-0.2, 0) is 25.7 Å². The fourth-order valence-corrected chi connectivity index (χ4v) is 8.72. The smallest absolute Gasteiger partial charge is 0.257 e. The number of benzene rings is 1. The number of hydrogen-bond donors (Lipinski definition) is 1. The number of nitrogens with zero attached hydrogens (tertiary/aromatic N) is 6. The van der Waals surface area contributed by atoms with Gasteiger partial charge in [0.25, 0.3) is 5.91 Å². The molecule has 1 saturated heterocycles. The summed E-state index contributed by atoms with van der Waals surface area (Å²) >= 11 is 7.49. The topological polar surface area (TPSA) is 110 Å². The first-order valence-electron chi connectivity index (χ1n) is 16.5. The highest BCUT2D eigenvalue weighted by atomic mass is 35.5. The van der Waals surface area contributed by atoms with Crippen molar-refractivity contribution in [3.8, 4) is 21.9 Å². The molecule has 9 nitrogen and oxygen atoms in total. The summed E-state index contributed by atoms with van der Waals surface area (Å²) in [5.74, 6) is 1.30. The third kappa shape index (κ3) is 5.74. The number of amides is 1. The van der Waals surface area contributed by atoms with E-state index < -0.39 is 0 Å². The average molecular weight is 694 g/mol. The maximum Gasteiger partial charge on any atom is 0.257 e. The highest BCUT2D eigenvalue weighted by Gasteiger charge is 2.44. The van der Waals surface area contributed by atoms with Gasteiger partial charge in [0.2, 0.25) is 11.8 Å². The number of halogens is 2. The van der Waals surface area contributed by atoms with Gasteiger partial charge in [-0.3, -0.25) is 14.8 Å². The molecule has 9 rings (SSSR count). The van der Waals surface area contributed by atoms with Gasteiger partial charge in [-0.25, -0.2) is 9.37 Å². The van der Waals surface area contributed by atoms with Crippen LogP contribution in [0.25, 0.3) is 32.0 Å². The van der Waals surface area contributed by atoms with Crippen LogP contribution in [0.5, 0.6) is 0 Å². The second-order valence-corrected chi connectivity index (χ2v) is 14.0. The molecule has 6 aromatic rings. The minimum absolute atomic E-state index is 0.00185. The molecular weight excluding hydrogens is 661 g/mol. The van der Waals surface area contributed by atoms with E-state index in [1.54, 1.807) is 42.8 Å². The van der Waals surface area contributed by atoms with E-state index in [2.05, 4.69) is 31.5 Å². The maximum atomic E-state index is 13.9. The molecule has 12 heteroatoms. The van der Waals surface area contributed by atoms with Gasteiger partial charge in [-0.05, 0) is 91.3 Å². The lowest BCUT2D eigenvalue weighted by Crippen LogP contribution is -2.22. The number of rotatable bonds is 6. The molecular formula is C37H33ClFN7O2S. The Morgan fingerprint density at radius 1 is 1.06 bits per heavy atom. The molecule has 1 unspecified atom stereocenters. The van der Waals surface area contributed by atoms with Crippen LogP contribution in [0.15, 0.2) is 59.4 Å². The van der Waals surface area contributed by atoms with Crippen LogP contribution >= 0.6 is 22.9 Å². The third-order valence-corrected chi connectivity index (χ3v) is 11.0. The quantitative estimate of drug-likeness (QED) is 0.186. The summed E-state index contributed by atoms with van der Waals surface area (Å²) in [6, 6.07) is 10.6. The molecule has 0 bridgehead atoms. The molecule has 7 heterocycles. The maximum absolute atomic E-state index is 13.9. The number of aryl methyl sites for hydroxylation is 4. The van der Waals surface area contributed by atoms with Crippen LogP contribution < -0.4 is 5.32 Å². The van der Waals surface area contributed by atoms with E-state index in [0.29, 0.717) is 35.7 Å². The van der Waals surface area contributed by atoms with E-state index in [1.165, 1.54) is 29.7 Å². The van der Waals surface area contributed by atoms with Crippen molar-refractivity contribution in [2.75, 3.05) is 18.9 Å². The summed E-state index contributed by atoms with van der Waals surface area (Å²) in [5, 5.41) is 13.5. The second kappa shape index (κ2) is 12.9. The van der Waals surface area contributed by atoms with Crippen molar-refractivity contribution in [3.05, 3.63) is 105 Å². The predicted molar refractivity (Wildman–Crippen MR) is 189 cm³/mol. The Kier molecular flexibility index (Phi) is 8.33. The number of nitrogens with one attached hydrogen (secondary N) is 1. The Labute approximate surface area is 291 Å². The first kappa shape index (κ1) is 31.5. The number of thiophene rings is 1. The number of anilines is 1. The van der Waals surface area contributed by atoms with Gasteiger partial charge in [0.1, 0.15) is 11.6 Å². The van der Waals surface area contributed by atoms with Crippen LogP contribution in [0.3, 0.4) is 0 Å². The molecule has 0 spiro atoms. The van der Waals surface area contributed by atoms with Gasteiger partial charge in [-0.1, -0.05) is 23.7 Å². The molecule has 3 aliphatic rings. The fourth-order valence-electron chi connectivity index (χ4n) is 7.24. The standard InChI is InChI=1S/C29H25FN6O2S.C8H8ClN/c1-15-34-35-28(38-15)22-19(10-7-16-5-8-18(30)9-6-16)33-25-20-4-3-13-36(20)29(37)24(25)23(22)21-14-17-11-12-32-27(31-2)26(17)39-21;9-8-5-10-4-6-2-1-3-7(6)8/h5-6,8-9,11-12,14,20H,3-4,7,10,13H2,1-2H3,(H,31,32);4-5H,1-3H2. The minimum atomic E-state index is -0.265. The highest BCUT2D eigenvalue weighted by Crippen LogP contribution is 2.50. The first-order valence-corrected chi connectivity index (χ1v) is 17.7. The molecule has 1 fully saturated rings. The van der Waals surface area contributed by atoms with E-state index in [4.69, 9.17) is 21.0 Å². The van der Waals surface area contributed by atoms with Gasteiger partial charge in [0.15, 0.2) is 0 Å². The number of carbonyl (C=O) groups is 1. The Balaban J connectivity index is 0.000000298. The number of aromatic nitrogens is 5. The van der Waals surface area contributed by atoms with Gasteiger partial charge in [-0.15, -0.1) is 21.5 Å². The molecule has 1 aliphatic carbocycles. The number of carbonyl (C=O) groups excluding carboxylic acids is 1. The Bertz CT molecular complexity index is 2220. The van der Waals surface area contributed by atoms with Gasteiger partial charge >= 0.3 is 0 Å². The number of pyridine rings is 3. The van der Waals surface area contributed by atoms with Crippen LogP contribution in [0.4, 0.5) is 10.2 Å². The van der Waals surface area contributed by atoms with E-state index in [-0.39, 0.29) is 17.8 Å². The molecule has 2 aliphatic heterocycles. The third-order valence-electron chi connectivity index (χ3n) is 9.53. The van der Waals surface area contributed by atoms with E-state index in [1.807, 2.05) is 24.2 Å². The zero-order chi connectivity index (χ0) is 33.6. The van der Waals surface area contributed by atoms with Crippen molar-refractivity contribution in [2.45, 2.75) is 57.9 Å². The van der Waals surface area contributed by atoms with Crippen molar-refractivity contribution in [2.24, 2.45) is 0 Å². The summed E-state index contributed by atoms with van der Waals surface area (Å²) in [6.45, 7) is 2.47. The average Bonchev–Trinajstić information content (AvgIpc) is 3.95. The summed E-state index contributed by atoms with van der Waals surface area (Å²) in [7, 11) is 1.85. The Morgan fingerprint density at radius 3 is 2.69 bits per heavy atom. The van der Waals surface area contributed by atoms with Gasteiger partial charge in [-0.2, -0.15) is 0 Å². The normalized spacial score (nSPS) is 16.0.